The molecule has 118 valence electrons. The molecule has 3 rings (SSSR count). The van der Waals surface area contributed by atoms with Crippen molar-refractivity contribution in [1.82, 2.24) is 10.3 Å². The van der Waals surface area contributed by atoms with Crippen LogP contribution in [0.3, 0.4) is 0 Å². The second-order valence-corrected chi connectivity index (χ2v) is 5.29. The summed E-state index contributed by atoms with van der Waals surface area (Å²) in [7, 11) is 3.97. The zero-order valence-electron chi connectivity index (χ0n) is 12.8. The zero-order valence-corrected chi connectivity index (χ0v) is 12.8. The summed E-state index contributed by atoms with van der Waals surface area (Å²) in [5.74, 6) is 0. The Labute approximate surface area is 132 Å². The molecular formula is C15H16N6O2. The zero-order chi connectivity index (χ0) is 16.2. The normalized spacial score (nSPS) is 17.8. The first-order valence-corrected chi connectivity index (χ1v) is 7.10. The largest absolute Gasteiger partial charge is 0.411 e. The first kappa shape index (κ1) is 14.9. The maximum Gasteiger partial charge on any atom is 0.160 e. The van der Waals surface area contributed by atoms with Crippen molar-refractivity contribution >= 4 is 23.3 Å². The van der Waals surface area contributed by atoms with E-state index >= 15 is 0 Å². The minimum absolute atomic E-state index is 0.385. The number of oxime groups is 1. The standard InChI is InChI=1S/C15H16N6O2/c1-21(2)11-5-3-10(4-6-11)9-16-17-14-12(18-22)7-8-13-15(14)20-23-19-13/h3-6,9,22H,7-8H2,1-2H3/b16-9-,17-14-,18-12-. The minimum Gasteiger partial charge on any atom is -0.411 e. The van der Waals surface area contributed by atoms with Crippen LogP contribution in [0.15, 0.2) is 44.3 Å². The molecule has 8 heteroatoms. The van der Waals surface area contributed by atoms with Crippen LogP contribution in [-0.4, -0.2) is 47.3 Å². The summed E-state index contributed by atoms with van der Waals surface area (Å²) in [6, 6.07) is 7.89. The Balaban J connectivity index is 1.84. The molecule has 0 unspecified atom stereocenters. The lowest BCUT2D eigenvalue weighted by atomic mass is 9.97. The Morgan fingerprint density at radius 3 is 2.65 bits per heavy atom. The van der Waals surface area contributed by atoms with Gasteiger partial charge < -0.3 is 10.1 Å². The summed E-state index contributed by atoms with van der Waals surface area (Å²) in [6.07, 6.45) is 2.75. The highest BCUT2D eigenvalue weighted by Crippen LogP contribution is 2.17. The van der Waals surface area contributed by atoms with Gasteiger partial charge in [0.2, 0.25) is 0 Å². The molecule has 23 heavy (non-hydrogen) atoms. The Kier molecular flexibility index (Phi) is 4.13. The van der Waals surface area contributed by atoms with Crippen molar-refractivity contribution in [3.8, 4) is 0 Å². The molecule has 0 atom stereocenters. The predicted molar refractivity (Wildman–Crippen MR) is 86.7 cm³/mol. The fourth-order valence-corrected chi connectivity index (χ4v) is 2.26. The molecule has 0 amide bonds. The third-order valence-corrected chi connectivity index (χ3v) is 3.55. The number of aryl methyl sites for hydroxylation is 1. The van der Waals surface area contributed by atoms with Crippen LogP contribution in [0.4, 0.5) is 5.69 Å². The van der Waals surface area contributed by atoms with Crippen molar-refractivity contribution in [2.75, 3.05) is 19.0 Å². The van der Waals surface area contributed by atoms with Gasteiger partial charge in [0.05, 0.1) is 6.21 Å². The number of rotatable bonds is 3. The van der Waals surface area contributed by atoms with Crippen LogP contribution in [0.2, 0.25) is 0 Å². The number of benzene rings is 1. The van der Waals surface area contributed by atoms with Crippen LogP contribution in [0.25, 0.3) is 0 Å². The van der Waals surface area contributed by atoms with E-state index < -0.39 is 0 Å². The van der Waals surface area contributed by atoms with Gasteiger partial charge in [-0.15, -0.1) is 5.10 Å². The fourth-order valence-electron chi connectivity index (χ4n) is 2.26. The van der Waals surface area contributed by atoms with Gasteiger partial charge in [0.25, 0.3) is 0 Å². The quantitative estimate of drug-likeness (QED) is 0.528. The van der Waals surface area contributed by atoms with Crippen molar-refractivity contribution in [2.45, 2.75) is 12.8 Å². The third kappa shape index (κ3) is 3.10. The highest BCUT2D eigenvalue weighted by molar-refractivity contribution is 6.48. The van der Waals surface area contributed by atoms with Crippen LogP contribution in [0, 0.1) is 0 Å². The van der Waals surface area contributed by atoms with Gasteiger partial charge in [0.1, 0.15) is 17.1 Å². The smallest absolute Gasteiger partial charge is 0.160 e. The van der Waals surface area contributed by atoms with E-state index in [-0.39, 0.29) is 0 Å². The molecule has 0 saturated heterocycles. The summed E-state index contributed by atoms with van der Waals surface area (Å²) in [5.41, 5.74) is 4.00. The maximum atomic E-state index is 9.10. The molecule has 1 heterocycles. The average molecular weight is 312 g/mol. The van der Waals surface area contributed by atoms with Gasteiger partial charge in [-0.25, -0.2) is 4.63 Å². The molecule has 1 N–H and O–H groups in total. The van der Waals surface area contributed by atoms with Gasteiger partial charge in [-0.2, -0.15) is 5.10 Å². The summed E-state index contributed by atoms with van der Waals surface area (Å²) in [6.45, 7) is 0. The minimum atomic E-state index is 0.385. The fraction of sp³-hybridized carbons (Fsp3) is 0.267. The van der Waals surface area contributed by atoms with E-state index in [4.69, 9.17) is 9.84 Å². The van der Waals surface area contributed by atoms with Gasteiger partial charge in [-0.3, -0.25) is 0 Å². The van der Waals surface area contributed by atoms with Crippen molar-refractivity contribution in [2.24, 2.45) is 15.4 Å². The van der Waals surface area contributed by atoms with Gasteiger partial charge >= 0.3 is 0 Å². The Morgan fingerprint density at radius 2 is 1.96 bits per heavy atom. The predicted octanol–water partition coefficient (Wildman–Crippen LogP) is 1.74. The van der Waals surface area contributed by atoms with Crippen LogP contribution < -0.4 is 4.90 Å². The van der Waals surface area contributed by atoms with Crippen molar-refractivity contribution < 1.29 is 9.84 Å². The highest BCUT2D eigenvalue weighted by Gasteiger charge is 2.27. The monoisotopic (exact) mass is 312 g/mol. The Bertz CT molecular complexity index is 774. The first-order valence-electron chi connectivity index (χ1n) is 7.10. The van der Waals surface area contributed by atoms with Crippen LogP contribution in [-0.2, 0) is 6.42 Å². The molecule has 0 bridgehead atoms. The van der Waals surface area contributed by atoms with E-state index in [1.807, 2.05) is 43.3 Å². The Hall–Kier alpha value is -3.03. The molecule has 0 radical (unpaired) electrons. The highest BCUT2D eigenvalue weighted by atomic mass is 16.6. The van der Waals surface area contributed by atoms with Crippen LogP contribution in [0.1, 0.15) is 23.4 Å². The number of aromatic nitrogens is 2. The summed E-state index contributed by atoms with van der Waals surface area (Å²) < 4.78 is 4.72. The second kappa shape index (κ2) is 6.39. The molecule has 1 aromatic carbocycles. The van der Waals surface area contributed by atoms with E-state index in [9.17, 15) is 0 Å². The van der Waals surface area contributed by atoms with Gasteiger partial charge in [0.15, 0.2) is 5.69 Å². The second-order valence-electron chi connectivity index (χ2n) is 5.29. The van der Waals surface area contributed by atoms with E-state index in [1.165, 1.54) is 0 Å². The molecule has 8 nitrogen and oxygen atoms in total. The number of anilines is 1. The molecule has 1 aliphatic rings. The van der Waals surface area contributed by atoms with Gasteiger partial charge in [-0.05, 0) is 22.9 Å². The van der Waals surface area contributed by atoms with E-state index in [2.05, 4.69) is 25.7 Å². The molecule has 0 aliphatic heterocycles. The van der Waals surface area contributed by atoms with E-state index in [1.54, 1.807) is 6.21 Å². The summed E-state index contributed by atoms with van der Waals surface area (Å²) in [5, 5.41) is 28.2. The van der Waals surface area contributed by atoms with Crippen LogP contribution >= 0.6 is 0 Å². The lowest BCUT2D eigenvalue weighted by Gasteiger charge is -2.11. The topological polar surface area (TPSA) is 99.5 Å². The lowest BCUT2D eigenvalue weighted by molar-refractivity contribution is 0.303. The maximum absolute atomic E-state index is 9.10. The van der Waals surface area contributed by atoms with Crippen LogP contribution in [0.5, 0.6) is 0 Å². The van der Waals surface area contributed by atoms with Gasteiger partial charge in [-0.1, -0.05) is 22.4 Å². The molecule has 0 saturated carbocycles. The van der Waals surface area contributed by atoms with Crippen molar-refractivity contribution in [3.05, 3.63) is 41.2 Å². The average Bonchev–Trinajstić information content (AvgIpc) is 3.04. The lowest BCUT2D eigenvalue weighted by Crippen LogP contribution is -2.23. The molecule has 2 aromatic rings. The van der Waals surface area contributed by atoms with Crippen molar-refractivity contribution in [3.63, 3.8) is 0 Å². The molecule has 1 aliphatic carbocycles. The molecule has 0 spiro atoms. The van der Waals surface area contributed by atoms with Gasteiger partial charge in [0, 0.05) is 32.6 Å². The molecule has 0 fully saturated rings. The third-order valence-electron chi connectivity index (χ3n) is 3.55. The molecular weight excluding hydrogens is 296 g/mol. The summed E-state index contributed by atoms with van der Waals surface area (Å²) in [4.78, 5) is 2.02. The van der Waals surface area contributed by atoms with Crippen molar-refractivity contribution in [1.29, 1.82) is 0 Å². The van der Waals surface area contributed by atoms with E-state index in [0.717, 1.165) is 11.3 Å². The first-order chi connectivity index (χ1) is 11.2. The molecule has 1 aromatic heterocycles. The SMILES string of the molecule is CN(C)c1ccc(\C=N/N=C2/C(=N\O)CCc3nonc32)cc1. The summed E-state index contributed by atoms with van der Waals surface area (Å²) >= 11 is 0. The number of fused-ring (bicyclic) bond motifs is 1. The number of nitrogens with zero attached hydrogens (tertiary/aromatic N) is 6. The number of hydrogen-bond donors (Lipinski definition) is 1. The van der Waals surface area contributed by atoms with E-state index in [0.29, 0.717) is 35.7 Å². The number of hydrogen-bond acceptors (Lipinski definition) is 8. The Morgan fingerprint density at radius 1 is 1.17 bits per heavy atom.